The van der Waals surface area contributed by atoms with Crippen molar-refractivity contribution in [2.24, 2.45) is 11.3 Å². The Bertz CT molecular complexity index is 562. The minimum absolute atomic E-state index is 0.0786. The molecule has 118 valence electrons. The maximum Gasteiger partial charge on any atom is 0.240 e. The van der Waals surface area contributed by atoms with Crippen molar-refractivity contribution in [2.75, 3.05) is 0 Å². The van der Waals surface area contributed by atoms with Gasteiger partial charge in [-0.1, -0.05) is 38.5 Å². The molecule has 0 atom stereocenters. The van der Waals surface area contributed by atoms with Gasteiger partial charge in [0.15, 0.2) is 0 Å². The van der Waals surface area contributed by atoms with Gasteiger partial charge in [0.25, 0.3) is 0 Å². The zero-order valence-corrected chi connectivity index (χ0v) is 14.3. The quantitative estimate of drug-likeness (QED) is 0.921. The molecule has 0 bridgehead atoms. The van der Waals surface area contributed by atoms with Crippen LogP contribution in [0.3, 0.4) is 0 Å². The molecule has 0 radical (unpaired) electrons. The Labute approximate surface area is 129 Å². The molecule has 0 saturated heterocycles. The lowest BCUT2D eigenvalue weighted by Crippen LogP contribution is -2.39. The van der Waals surface area contributed by atoms with E-state index in [1.54, 1.807) is 12.1 Å². The second-order valence-electron chi connectivity index (χ2n) is 7.35. The van der Waals surface area contributed by atoms with Gasteiger partial charge in [-0.15, -0.1) is 0 Å². The Kier molecular flexibility index (Phi) is 4.79. The number of hydrogen-bond donors (Lipinski definition) is 1. The Morgan fingerprint density at radius 3 is 2.00 bits per heavy atom. The minimum Gasteiger partial charge on any atom is -0.208 e. The highest BCUT2D eigenvalue weighted by Crippen LogP contribution is 2.37. The predicted octanol–water partition coefficient (Wildman–Crippen LogP) is 3.88. The van der Waals surface area contributed by atoms with Gasteiger partial charge < -0.3 is 0 Å². The smallest absolute Gasteiger partial charge is 0.208 e. The van der Waals surface area contributed by atoms with Gasteiger partial charge in [0.1, 0.15) is 0 Å². The molecule has 1 fully saturated rings. The van der Waals surface area contributed by atoms with E-state index in [-0.39, 0.29) is 6.04 Å². The van der Waals surface area contributed by atoms with E-state index in [1.165, 1.54) is 0 Å². The van der Waals surface area contributed by atoms with Gasteiger partial charge in [-0.05, 0) is 56.1 Å². The van der Waals surface area contributed by atoms with Crippen LogP contribution in [0.2, 0.25) is 0 Å². The molecule has 0 aliphatic heterocycles. The molecular weight excluding hydrogens is 282 g/mol. The first kappa shape index (κ1) is 16.5. The van der Waals surface area contributed by atoms with Crippen LogP contribution >= 0.6 is 0 Å². The fourth-order valence-corrected chi connectivity index (χ4v) is 4.39. The number of sulfonamides is 1. The second kappa shape index (κ2) is 6.09. The van der Waals surface area contributed by atoms with E-state index in [9.17, 15) is 8.42 Å². The third-order valence-corrected chi connectivity index (χ3v) is 6.14. The van der Waals surface area contributed by atoms with Crippen LogP contribution in [0.5, 0.6) is 0 Å². The molecule has 4 heteroatoms. The fourth-order valence-electron chi connectivity index (χ4n) is 3.08. The average Bonchev–Trinajstić information content (AvgIpc) is 2.38. The Hall–Kier alpha value is -0.870. The third kappa shape index (κ3) is 4.30. The van der Waals surface area contributed by atoms with Crippen molar-refractivity contribution < 1.29 is 8.42 Å². The Morgan fingerprint density at radius 1 is 1.00 bits per heavy atom. The van der Waals surface area contributed by atoms with E-state index >= 15 is 0 Å². The first-order valence-electron chi connectivity index (χ1n) is 7.77. The van der Waals surface area contributed by atoms with Crippen molar-refractivity contribution in [3.05, 3.63) is 29.8 Å². The van der Waals surface area contributed by atoms with E-state index < -0.39 is 10.0 Å². The molecule has 1 aliphatic rings. The Morgan fingerprint density at radius 2 is 1.52 bits per heavy atom. The highest BCUT2D eigenvalue weighted by molar-refractivity contribution is 7.89. The summed E-state index contributed by atoms with van der Waals surface area (Å²) < 4.78 is 27.6. The first-order valence-corrected chi connectivity index (χ1v) is 9.26. The summed E-state index contributed by atoms with van der Waals surface area (Å²) in [6, 6.07) is 7.11. The predicted molar refractivity (Wildman–Crippen MR) is 86.7 cm³/mol. The van der Waals surface area contributed by atoms with Crippen LogP contribution in [0.25, 0.3) is 0 Å². The number of benzene rings is 1. The van der Waals surface area contributed by atoms with E-state index in [0.717, 1.165) is 31.2 Å². The molecule has 0 unspecified atom stereocenters. The molecule has 2 rings (SSSR count). The SMILES string of the molecule is Cc1ccc(S(=O)(=O)NC2CCC(C(C)(C)C)CC2)cc1. The molecule has 1 aromatic carbocycles. The van der Waals surface area contributed by atoms with Gasteiger partial charge in [0.05, 0.1) is 4.90 Å². The fraction of sp³-hybridized carbons (Fsp3) is 0.647. The lowest BCUT2D eigenvalue weighted by atomic mass is 9.71. The third-order valence-electron chi connectivity index (χ3n) is 4.61. The van der Waals surface area contributed by atoms with Gasteiger partial charge in [-0.25, -0.2) is 13.1 Å². The highest BCUT2D eigenvalue weighted by atomic mass is 32.2. The molecule has 0 heterocycles. The van der Waals surface area contributed by atoms with Gasteiger partial charge in [0.2, 0.25) is 10.0 Å². The monoisotopic (exact) mass is 309 g/mol. The summed E-state index contributed by atoms with van der Waals surface area (Å²) in [5.41, 5.74) is 1.39. The summed E-state index contributed by atoms with van der Waals surface area (Å²) in [5, 5.41) is 0. The van der Waals surface area contributed by atoms with E-state index in [1.807, 2.05) is 19.1 Å². The maximum atomic E-state index is 12.4. The van der Waals surface area contributed by atoms with Crippen LogP contribution in [0, 0.1) is 18.3 Å². The van der Waals surface area contributed by atoms with Gasteiger partial charge in [0, 0.05) is 6.04 Å². The van der Waals surface area contributed by atoms with Crippen LogP contribution in [-0.2, 0) is 10.0 Å². The molecule has 0 aromatic heterocycles. The minimum atomic E-state index is -3.38. The van der Waals surface area contributed by atoms with E-state index in [4.69, 9.17) is 0 Å². The summed E-state index contributed by atoms with van der Waals surface area (Å²) in [4.78, 5) is 0.367. The summed E-state index contributed by atoms with van der Waals surface area (Å²) in [7, 11) is -3.38. The summed E-state index contributed by atoms with van der Waals surface area (Å²) >= 11 is 0. The molecule has 0 spiro atoms. The highest BCUT2D eigenvalue weighted by Gasteiger charge is 2.31. The number of rotatable bonds is 3. The van der Waals surface area contributed by atoms with Crippen LogP contribution < -0.4 is 4.72 Å². The van der Waals surface area contributed by atoms with Gasteiger partial charge in [-0.2, -0.15) is 0 Å². The first-order chi connectivity index (χ1) is 9.68. The summed E-state index contributed by atoms with van der Waals surface area (Å²) in [6.07, 6.45) is 4.08. The lowest BCUT2D eigenvalue weighted by molar-refractivity contribution is 0.166. The molecule has 1 aliphatic carbocycles. The maximum absolute atomic E-state index is 12.4. The van der Waals surface area contributed by atoms with E-state index in [0.29, 0.717) is 16.2 Å². The average molecular weight is 309 g/mol. The number of nitrogens with one attached hydrogen (secondary N) is 1. The van der Waals surface area contributed by atoms with Crippen molar-refractivity contribution in [1.29, 1.82) is 0 Å². The zero-order chi connectivity index (χ0) is 15.7. The zero-order valence-electron chi connectivity index (χ0n) is 13.5. The molecule has 21 heavy (non-hydrogen) atoms. The molecular formula is C17H27NO2S. The molecule has 0 amide bonds. The van der Waals surface area contributed by atoms with Crippen LogP contribution in [0.15, 0.2) is 29.2 Å². The van der Waals surface area contributed by atoms with Crippen molar-refractivity contribution in [2.45, 2.75) is 64.3 Å². The largest absolute Gasteiger partial charge is 0.240 e. The molecule has 1 N–H and O–H groups in total. The van der Waals surface area contributed by atoms with Crippen LogP contribution in [-0.4, -0.2) is 14.5 Å². The van der Waals surface area contributed by atoms with E-state index in [2.05, 4.69) is 25.5 Å². The normalized spacial score (nSPS) is 24.0. The van der Waals surface area contributed by atoms with Crippen molar-refractivity contribution in [3.63, 3.8) is 0 Å². The second-order valence-corrected chi connectivity index (χ2v) is 9.06. The Balaban J connectivity index is 1.98. The summed E-state index contributed by atoms with van der Waals surface area (Å²) in [6.45, 7) is 8.77. The molecule has 3 nitrogen and oxygen atoms in total. The standard InChI is InChI=1S/C17H27NO2S/c1-13-5-11-16(12-6-13)21(19,20)18-15-9-7-14(8-10-15)17(2,3)4/h5-6,11-12,14-15,18H,7-10H2,1-4H3. The summed E-state index contributed by atoms with van der Waals surface area (Å²) in [5.74, 6) is 0.692. The topological polar surface area (TPSA) is 46.2 Å². The lowest BCUT2D eigenvalue weighted by Gasteiger charge is -2.37. The van der Waals surface area contributed by atoms with Crippen LogP contribution in [0.1, 0.15) is 52.0 Å². The van der Waals surface area contributed by atoms with Crippen LogP contribution in [0.4, 0.5) is 0 Å². The molecule has 1 saturated carbocycles. The molecule has 1 aromatic rings. The number of hydrogen-bond acceptors (Lipinski definition) is 2. The number of aryl methyl sites for hydroxylation is 1. The van der Waals surface area contributed by atoms with Crippen molar-refractivity contribution >= 4 is 10.0 Å². The van der Waals surface area contributed by atoms with Gasteiger partial charge >= 0.3 is 0 Å². The van der Waals surface area contributed by atoms with Crippen molar-refractivity contribution in [3.8, 4) is 0 Å². The van der Waals surface area contributed by atoms with Crippen molar-refractivity contribution in [1.82, 2.24) is 4.72 Å². The van der Waals surface area contributed by atoms with Gasteiger partial charge in [-0.3, -0.25) is 0 Å².